The van der Waals surface area contributed by atoms with Gasteiger partial charge >= 0.3 is 12.1 Å². The van der Waals surface area contributed by atoms with Crippen molar-refractivity contribution in [3.05, 3.63) is 34.7 Å². The Morgan fingerprint density at radius 1 is 1.46 bits per heavy atom. The van der Waals surface area contributed by atoms with Gasteiger partial charge < -0.3 is 5.11 Å². The van der Waals surface area contributed by atoms with Crippen LogP contribution in [0.4, 0.5) is 13.2 Å². The zero-order valence-electron chi connectivity index (χ0n) is 12.1. The van der Waals surface area contributed by atoms with Gasteiger partial charge in [-0.25, -0.2) is 4.98 Å². The van der Waals surface area contributed by atoms with Gasteiger partial charge in [-0.3, -0.25) is 4.79 Å². The van der Waals surface area contributed by atoms with Crippen LogP contribution in [0.25, 0.3) is 10.6 Å². The number of aromatic nitrogens is 1. The number of carboxylic acid groups (broad SMARTS) is 1. The van der Waals surface area contributed by atoms with Crippen LogP contribution in [-0.4, -0.2) is 21.8 Å². The van der Waals surface area contributed by atoms with E-state index in [0.29, 0.717) is 4.88 Å². The topological polar surface area (TPSA) is 74.0 Å². The van der Waals surface area contributed by atoms with Crippen molar-refractivity contribution in [1.82, 2.24) is 4.98 Å². The summed E-state index contributed by atoms with van der Waals surface area (Å²) in [6, 6.07) is 5.81. The third kappa shape index (κ3) is 4.49. The van der Waals surface area contributed by atoms with E-state index in [4.69, 9.17) is 10.4 Å². The van der Waals surface area contributed by atoms with E-state index in [-0.39, 0.29) is 29.3 Å². The first kappa shape index (κ1) is 18.3. The van der Waals surface area contributed by atoms with E-state index in [1.54, 1.807) is 23.6 Å². The number of hydrogen-bond donors (Lipinski definition) is 1. The Hall–Kier alpha value is -2.05. The van der Waals surface area contributed by atoms with E-state index in [0.717, 1.165) is 17.8 Å². The lowest BCUT2D eigenvalue weighted by atomic mass is 10.1. The molecule has 2 aromatic heterocycles. The molecule has 2 rings (SSSR count). The summed E-state index contributed by atoms with van der Waals surface area (Å²) >= 11 is 2.21. The van der Waals surface area contributed by atoms with Crippen LogP contribution in [-0.2, 0) is 11.0 Å². The van der Waals surface area contributed by atoms with Crippen molar-refractivity contribution >= 4 is 29.1 Å². The number of rotatable bonds is 6. The lowest BCUT2D eigenvalue weighted by Gasteiger charge is -2.13. The number of aliphatic carboxylic acids is 1. The van der Waals surface area contributed by atoms with Crippen molar-refractivity contribution < 1.29 is 23.1 Å². The van der Waals surface area contributed by atoms with Crippen LogP contribution in [0.5, 0.6) is 0 Å². The molecule has 2 aromatic rings. The summed E-state index contributed by atoms with van der Waals surface area (Å²) in [6.07, 6.45) is -4.49. The van der Waals surface area contributed by atoms with Crippen molar-refractivity contribution in [2.24, 2.45) is 0 Å². The maximum atomic E-state index is 13.3. The van der Waals surface area contributed by atoms with Crippen molar-refractivity contribution in [3.8, 4) is 16.6 Å². The lowest BCUT2D eigenvalue weighted by Crippen LogP contribution is -2.10. The van der Waals surface area contributed by atoms with Gasteiger partial charge in [-0.15, -0.1) is 23.1 Å². The highest BCUT2D eigenvalue weighted by Gasteiger charge is 2.36. The Kier molecular flexibility index (Phi) is 5.85. The van der Waals surface area contributed by atoms with E-state index in [9.17, 15) is 18.0 Å². The number of pyridine rings is 1. The predicted octanol–water partition coefficient (Wildman–Crippen LogP) is 4.66. The number of carbonyl (C=O) groups is 1. The summed E-state index contributed by atoms with van der Waals surface area (Å²) in [5.41, 5.74) is -1.40. The largest absolute Gasteiger partial charge is 0.481 e. The molecule has 126 valence electrons. The number of thiophene rings is 1. The summed E-state index contributed by atoms with van der Waals surface area (Å²) < 4.78 is 39.8. The molecule has 24 heavy (non-hydrogen) atoms. The number of alkyl halides is 3. The number of nitrogens with zero attached hydrogens (tertiary/aromatic N) is 2. The van der Waals surface area contributed by atoms with Gasteiger partial charge in [-0.1, -0.05) is 6.07 Å². The molecule has 2 heterocycles. The molecule has 0 radical (unpaired) electrons. The molecule has 0 atom stereocenters. The number of thioether (sulfide) groups is 1. The molecule has 0 amide bonds. The van der Waals surface area contributed by atoms with Crippen LogP contribution in [0.1, 0.15) is 24.0 Å². The first-order valence-corrected chi connectivity index (χ1v) is 8.60. The standard InChI is InChI=1S/C15H11F3N2O2S2/c16-15(17,18)10-7-11(12-3-1-5-23-12)20-14(9(10)8-19)24-6-2-4-13(21)22/h1,3,5,7H,2,4,6H2,(H,21,22). The molecular weight excluding hydrogens is 361 g/mol. The first-order valence-electron chi connectivity index (χ1n) is 6.73. The quantitative estimate of drug-likeness (QED) is 0.590. The molecule has 0 unspecified atom stereocenters. The van der Waals surface area contributed by atoms with Crippen LogP contribution in [0.3, 0.4) is 0 Å². The second-order valence-electron chi connectivity index (χ2n) is 4.67. The minimum absolute atomic E-state index is 0.0267. The van der Waals surface area contributed by atoms with Gasteiger partial charge in [0.1, 0.15) is 11.1 Å². The van der Waals surface area contributed by atoms with Gasteiger partial charge in [0, 0.05) is 12.2 Å². The molecule has 9 heteroatoms. The molecule has 0 bridgehead atoms. The van der Waals surface area contributed by atoms with Gasteiger partial charge in [0.15, 0.2) is 0 Å². The van der Waals surface area contributed by atoms with Crippen LogP contribution in [0.15, 0.2) is 28.6 Å². The maximum Gasteiger partial charge on any atom is 0.417 e. The minimum Gasteiger partial charge on any atom is -0.481 e. The molecular formula is C15H11F3N2O2S2. The summed E-state index contributed by atoms with van der Waals surface area (Å²) in [5, 5.41) is 19.4. The molecule has 0 aliphatic rings. The molecule has 0 fully saturated rings. The van der Waals surface area contributed by atoms with Crippen molar-refractivity contribution in [2.75, 3.05) is 5.75 Å². The zero-order valence-corrected chi connectivity index (χ0v) is 13.8. The SMILES string of the molecule is N#Cc1c(C(F)(F)F)cc(-c2cccs2)nc1SCCCC(=O)O. The fraction of sp³-hybridized carbons (Fsp3) is 0.267. The number of nitriles is 1. The van der Waals surface area contributed by atoms with Crippen molar-refractivity contribution in [2.45, 2.75) is 24.0 Å². The van der Waals surface area contributed by atoms with Crippen LogP contribution >= 0.6 is 23.1 Å². The number of hydrogen-bond acceptors (Lipinski definition) is 5. The van der Waals surface area contributed by atoms with E-state index in [2.05, 4.69) is 4.98 Å². The summed E-state index contributed by atoms with van der Waals surface area (Å²) in [4.78, 5) is 15.3. The highest BCUT2D eigenvalue weighted by atomic mass is 32.2. The second kappa shape index (κ2) is 7.68. The maximum absolute atomic E-state index is 13.3. The molecule has 4 nitrogen and oxygen atoms in total. The van der Waals surface area contributed by atoms with Gasteiger partial charge in [0.2, 0.25) is 0 Å². The molecule has 1 N–H and O–H groups in total. The average Bonchev–Trinajstić information content (AvgIpc) is 3.04. The fourth-order valence-corrected chi connectivity index (χ4v) is 3.53. The Morgan fingerprint density at radius 2 is 2.21 bits per heavy atom. The zero-order chi connectivity index (χ0) is 17.7. The first-order chi connectivity index (χ1) is 11.3. The monoisotopic (exact) mass is 372 g/mol. The summed E-state index contributed by atoms with van der Waals surface area (Å²) in [6.45, 7) is 0. The van der Waals surface area contributed by atoms with Gasteiger partial charge in [-0.05, 0) is 23.9 Å². The molecule has 0 spiro atoms. The third-order valence-corrected chi connectivity index (χ3v) is 4.90. The Bertz CT molecular complexity index is 768. The molecule has 0 aromatic carbocycles. The number of halogens is 3. The van der Waals surface area contributed by atoms with Crippen LogP contribution in [0.2, 0.25) is 0 Å². The summed E-state index contributed by atoms with van der Waals surface area (Å²) in [7, 11) is 0. The highest BCUT2D eigenvalue weighted by Crippen LogP contribution is 2.38. The van der Waals surface area contributed by atoms with E-state index in [1.807, 2.05) is 0 Å². The van der Waals surface area contributed by atoms with E-state index >= 15 is 0 Å². The smallest absolute Gasteiger partial charge is 0.417 e. The Labute approximate surface area is 144 Å². The Morgan fingerprint density at radius 3 is 2.75 bits per heavy atom. The van der Waals surface area contributed by atoms with Crippen LogP contribution in [0, 0.1) is 11.3 Å². The highest BCUT2D eigenvalue weighted by molar-refractivity contribution is 7.99. The molecule has 0 saturated heterocycles. The normalized spacial score (nSPS) is 11.2. The summed E-state index contributed by atoms with van der Waals surface area (Å²) in [5.74, 6) is -0.716. The third-order valence-electron chi connectivity index (χ3n) is 2.95. The molecule has 0 saturated carbocycles. The van der Waals surface area contributed by atoms with Gasteiger partial charge in [0.05, 0.1) is 21.7 Å². The van der Waals surface area contributed by atoms with Crippen molar-refractivity contribution in [3.63, 3.8) is 0 Å². The van der Waals surface area contributed by atoms with Crippen molar-refractivity contribution in [1.29, 1.82) is 5.26 Å². The predicted molar refractivity (Wildman–Crippen MR) is 84.9 cm³/mol. The minimum atomic E-state index is -4.67. The Balaban J connectivity index is 2.41. The second-order valence-corrected chi connectivity index (χ2v) is 6.70. The van der Waals surface area contributed by atoms with Gasteiger partial charge in [-0.2, -0.15) is 18.4 Å². The molecule has 0 aliphatic carbocycles. The number of carboxylic acids is 1. The van der Waals surface area contributed by atoms with E-state index in [1.165, 1.54) is 11.3 Å². The molecule has 0 aliphatic heterocycles. The van der Waals surface area contributed by atoms with Crippen LogP contribution < -0.4 is 0 Å². The van der Waals surface area contributed by atoms with Gasteiger partial charge in [0.25, 0.3) is 0 Å². The lowest BCUT2D eigenvalue weighted by molar-refractivity contribution is -0.138. The fourth-order valence-electron chi connectivity index (χ4n) is 1.90. The average molecular weight is 372 g/mol. The van der Waals surface area contributed by atoms with E-state index < -0.39 is 23.3 Å².